The molecule has 0 aliphatic carbocycles. The molecule has 1 aliphatic rings. The van der Waals surface area contributed by atoms with E-state index in [1.807, 2.05) is 6.92 Å². The van der Waals surface area contributed by atoms with Crippen LogP contribution in [-0.2, 0) is 4.74 Å². The lowest BCUT2D eigenvalue weighted by molar-refractivity contribution is 0.0887. The Balaban J connectivity index is 1.84. The van der Waals surface area contributed by atoms with E-state index in [1.165, 1.54) is 17.5 Å². The Morgan fingerprint density at radius 1 is 1.55 bits per heavy atom. The van der Waals surface area contributed by atoms with E-state index in [1.54, 1.807) is 11.0 Å². The summed E-state index contributed by atoms with van der Waals surface area (Å²) in [5.41, 5.74) is 0. The lowest BCUT2D eigenvalue weighted by Crippen LogP contribution is -2.37. The van der Waals surface area contributed by atoms with Crippen LogP contribution in [0.15, 0.2) is 16.8 Å². The minimum Gasteiger partial charge on any atom is -0.376 e. The van der Waals surface area contributed by atoms with Crippen LogP contribution in [0.1, 0.15) is 28.4 Å². The first-order valence-corrected chi connectivity index (χ1v) is 7.20. The molecule has 1 amide bonds. The van der Waals surface area contributed by atoms with Crippen molar-refractivity contribution < 1.29 is 14.1 Å². The zero-order chi connectivity index (χ0) is 13.9. The molecular weight excluding hydrogens is 280 g/mol. The van der Waals surface area contributed by atoms with Crippen LogP contribution in [0, 0.1) is 6.92 Å². The molecule has 20 heavy (non-hydrogen) atoms. The van der Waals surface area contributed by atoms with Crippen molar-refractivity contribution in [2.45, 2.75) is 25.9 Å². The highest BCUT2D eigenvalue weighted by Crippen LogP contribution is 2.24. The van der Waals surface area contributed by atoms with Crippen LogP contribution >= 0.6 is 11.3 Å². The average Bonchev–Trinajstić information content (AvgIpc) is 3.17. The standard InChI is InChI=1S/C12H14N4O3S/c1-8-14-15-12(20-8)16(7-9-3-2-6-18-9)11(17)10-4-5-13-19-10/h4-5,9H,2-3,6-7H2,1H3/t9-/m0/s1. The number of hydrogen-bond donors (Lipinski definition) is 0. The molecule has 1 saturated heterocycles. The summed E-state index contributed by atoms with van der Waals surface area (Å²) >= 11 is 1.37. The second-order valence-corrected chi connectivity index (χ2v) is 5.69. The molecule has 1 aliphatic heterocycles. The Hall–Kier alpha value is -1.80. The van der Waals surface area contributed by atoms with E-state index in [-0.39, 0.29) is 17.8 Å². The minimum atomic E-state index is -0.269. The third-order valence-electron chi connectivity index (χ3n) is 3.05. The molecule has 1 fully saturated rings. The molecule has 0 radical (unpaired) electrons. The molecule has 8 heteroatoms. The lowest BCUT2D eigenvalue weighted by Gasteiger charge is -2.21. The quantitative estimate of drug-likeness (QED) is 0.853. The molecule has 2 aromatic rings. The number of rotatable bonds is 4. The van der Waals surface area contributed by atoms with Crippen molar-refractivity contribution in [3.63, 3.8) is 0 Å². The van der Waals surface area contributed by atoms with Crippen molar-refractivity contribution in [1.82, 2.24) is 15.4 Å². The molecule has 0 aromatic carbocycles. The summed E-state index contributed by atoms with van der Waals surface area (Å²) in [4.78, 5) is 14.0. The molecule has 3 heterocycles. The summed E-state index contributed by atoms with van der Waals surface area (Å²) in [6.45, 7) is 3.04. The van der Waals surface area contributed by atoms with Gasteiger partial charge in [0.1, 0.15) is 5.01 Å². The summed E-state index contributed by atoms with van der Waals surface area (Å²) < 4.78 is 10.5. The molecule has 1 atom stereocenters. The van der Waals surface area contributed by atoms with Gasteiger partial charge in [-0.3, -0.25) is 9.69 Å². The van der Waals surface area contributed by atoms with Crippen LogP contribution < -0.4 is 4.90 Å². The first-order valence-electron chi connectivity index (χ1n) is 6.38. The molecule has 7 nitrogen and oxygen atoms in total. The fourth-order valence-electron chi connectivity index (χ4n) is 2.09. The van der Waals surface area contributed by atoms with Crippen LogP contribution in [0.5, 0.6) is 0 Å². The lowest BCUT2D eigenvalue weighted by atomic mass is 10.2. The van der Waals surface area contributed by atoms with Gasteiger partial charge in [-0.1, -0.05) is 16.5 Å². The SMILES string of the molecule is Cc1nnc(N(C[C@@H]2CCCO2)C(=O)c2ccno2)s1. The van der Waals surface area contributed by atoms with Gasteiger partial charge in [0.2, 0.25) is 10.9 Å². The van der Waals surface area contributed by atoms with Crippen molar-refractivity contribution in [3.05, 3.63) is 23.0 Å². The summed E-state index contributed by atoms with van der Waals surface area (Å²) in [6, 6.07) is 1.54. The highest BCUT2D eigenvalue weighted by molar-refractivity contribution is 7.15. The maximum Gasteiger partial charge on any atom is 0.298 e. The van der Waals surface area contributed by atoms with Crippen LogP contribution in [0.4, 0.5) is 5.13 Å². The van der Waals surface area contributed by atoms with E-state index in [2.05, 4.69) is 15.4 Å². The van der Waals surface area contributed by atoms with Crippen LogP contribution in [0.25, 0.3) is 0 Å². The molecule has 0 unspecified atom stereocenters. The van der Waals surface area contributed by atoms with Crippen molar-refractivity contribution >= 4 is 22.4 Å². The average molecular weight is 294 g/mol. The summed E-state index contributed by atoms with van der Waals surface area (Å²) in [5.74, 6) is -0.0787. The third-order valence-corrected chi connectivity index (χ3v) is 3.91. The minimum absolute atomic E-state index is 0.0334. The Kier molecular flexibility index (Phi) is 3.75. The summed E-state index contributed by atoms with van der Waals surface area (Å²) in [5, 5.41) is 12.9. The van der Waals surface area contributed by atoms with E-state index >= 15 is 0 Å². The van der Waals surface area contributed by atoms with Gasteiger partial charge < -0.3 is 9.26 Å². The Bertz CT molecular complexity index is 577. The first kappa shape index (κ1) is 13.2. The van der Waals surface area contributed by atoms with Crippen LogP contribution in [0.2, 0.25) is 0 Å². The fraction of sp³-hybridized carbons (Fsp3) is 0.500. The summed E-state index contributed by atoms with van der Waals surface area (Å²) in [6.07, 6.45) is 3.44. The number of aromatic nitrogens is 3. The monoisotopic (exact) mass is 294 g/mol. The van der Waals surface area contributed by atoms with Crippen molar-refractivity contribution in [2.75, 3.05) is 18.1 Å². The Morgan fingerprint density at radius 2 is 2.45 bits per heavy atom. The van der Waals surface area contributed by atoms with Crippen molar-refractivity contribution in [2.24, 2.45) is 0 Å². The largest absolute Gasteiger partial charge is 0.376 e. The second kappa shape index (κ2) is 5.68. The van der Waals surface area contributed by atoms with Gasteiger partial charge in [-0.25, -0.2) is 0 Å². The first-order chi connectivity index (χ1) is 9.74. The van der Waals surface area contributed by atoms with Gasteiger partial charge in [0, 0.05) is 12.7 Å². The maximum atomic E-state index is 12.5. The number of anilines is 1. The number of carbonyl (C=O) groups is 1. The predicted molar refractivity (Wildman–Crippen MR) is 71.8 cm³/mol. The fourth-order valence-corrected chi connectivity index (χ4v) is 2.79. The molecule has 106 valence electrons. The molecule has 2 aromatic heterocycles. The van der Waals surface area contributed by atoms with Gasteiger partial charge >= 0.3 is 0 Å². The van der Waals surface area contributed by atoms with E-state index in [0.717, 1.165) is 24.5 Å². The second-order valence-electron chi connectivity index (χ2n) is 4.53. The normalized spacial score (nSPS) is 18.4. The number of hydrogen-bond acceptors (Lipinski definition) is 7. The van der Waals surface area contributed by atoms with Gasteiger partial charge in [0.15, 0.2) is 0 Å². The van der Waals surface area contributed by atoms with Gasteiger partial charge in [-0.15, -0.1) is 10.2 Å². The van der Waals surface area contributed by atoms with Gasteiger partial charge in [-0.2, -0.15) is 0 Å². The Labute approximate surface area is 119 Å². The van der Waals surface area contributed by atoms with E-state index in [9.17, 15) is 4.79 Å². The molecule has 0 bridgehead atoms. The van der Waals surface area contributed by atoms with E-state index in [0.29, 0.717) is 11.7 Å². The zero-order valence-electron chi connectivity index (χ0n) is 11.0. The number of carbonyl (C=O) groups excluding carboxylic acids is 1. The van der Waals surface area contributed by atoms with Crippen LogP contribution in [-0.4, -0.2) is 40.5 Å². The van der Waals surface area contributed by atoms with Crippen LogP contribution in [0.3, 0.4) is 0 Å². The van der Waals surface area contributed by atoms with E-state index in [4.69, 9.17) is 9.26 Å². The van der Waals surface area contributed by atoms with Crippen molar-refractivity contribution in [3.8, 4) is 0 Å². The maximum absolute atomic E-state index is 12.5. The molecule has 0 N–H and O–H groups in total. The van der Waals surface area contributed by atoms with Gasteiger partial charge in [0.25, 0.3) is 5.91 Å². The van der Waals surface area contributed by atoms with Crippen molar-refractivity contribution in [1.29, 1.82) is 0 Å². The smallest absolute Gasteiger partial charge is 0.298 e. The Morgan fingerprint density at radius 3 is 3.05 bits per heavy atom. The number of aryl methyl sites for hydroxylation is 1. The number of ether oxygens (including phenoxy) is 1. The zero-order valence-corrected chi connectivity index (χ0v) is 11.8. The highest BCUT2D eigenvalue weighted by Gasteiger charge is 2.28. The summed E-state index contributed by atoms with van der Waals surface area (Å²) in [7, 11) is 0. The highest BCUT2D eigenvalue weighted by atomic mass is 32.1. The molecule has 3 rings (SSSR count). The third kappa shape index (κ3) is 2.70. The number of amides is 1. The molecule has 0 spiro atoms. The predicted octanol–water partition coefficient (Wildman–Crippen LogP) is 1.66. The number of nitrogens with zero attached hydrogens (tertiary/aromatic N) is 4. The van der Waals surface area contributed by atoms with Gasteiger partial charge in [-0.05, 0) is 19.8 Å². The topological polar surface area (TPSA) is 81.4 Å². The van der Waals surface area contributed by atoms with Gasteiger partial charge in [0.05, 0.1) is 18.8 Å². The van der Waals surface area contributed by atoms with E-state index < -0.39 is 0 Å². The molecular formula is C12H14N4O3S. The molecule has 0 saturated carbocycles.